The molecule has 0 aliphatic rings. The Kier molecular flexibility index (Phi) is 0.335. The van der Waals surface area contributed by atoms with Crippen molar-refractivity contribution in [3.8, 4) is 0 Å². The highest BCUT2D eigenvalue weighted by atomic mass is 35.6. The molecule has 5 heavy (non-hydrogen) atoms. The first-order valence-electron chi connectivity index (χ1n) is 5.44. The van der Waals surface area contributed by atoms with E-state index in [9.17, 15) is 0 Å². The highest BCUT2D eigenvalue weighted by Gasteiger charge is 1.84. The maximum atomic E-state index is 7.30. The zero-order chi connectivity index (χ0) is 12.0. The van der Waals surface area contributed by atoms with Crippen LogP contribution in [0.5, 0.6) is 0 Å². The molecule has 0 unspecified atom stereocenters. The van der Waals surface area contributed by atoms with E-state index in [1.54, 1.807) is 0 Å². The minimum atomic E-state index is -4.67. The maximum Gasteiger partial charge on any atom is 0.127 e. The summed E-state index contributed by atoms with van der Waals surface area (Å²) >= 11 is 5.17. The number of halogens is 1. The summed E-state index contributed by atoms with van der Waals surface area (Å²) in [4.78, 5) is 0. The fourth-order valence-corrected chi connectivity index (χ4v) is 0. The second kappa shape index (κ2) is 2.73. The Hall–Kier alpha value is 0.507. The molecular weight excluding hydrogens is 99.6 g/mol. The molecule has 0 N–H and O–H groups in total. The zero-order valence-electron chi connectivity index (χ0n) is 11.4. The summed E-state index contributed by atoms with van der Waals surface area (Å²) in [5.74, 6) is 0. The molecule has 0 saturated heterocycles. The zero-order valence-corrected chi connectivity index (χ0v) is 4.13. The molecule has 0 aromatic rings. The molecule has 0 fully saturated rings. The average Bonchev–Trinajstić information content (AvgIpc) is 1.77. The lowest BCUT2D eigenvalue weighted by atomic mass is 10.6. The van der Waals surface area contributed by atoms with Crippen molar-refractivity contribution in [2.45, 2.75) is 19.2 Å². The summed E-state index contributed by atoms with van der Waals surface area (Å²) in [5, 5.41) is 0. The SMILES string of the molecule is [2H]C([2H])([2H])C([2H])(C([2H])([2H])[2H])[Si]([2H])([2H])Cl. The molecule has 0 bridgehead atoms. The van der Waals surface area contributed by atoms with Gasteiger partial charge in [0, 0.05) is 12.1 Å². The first kappa shape index (κ1) is 0.613. The van der Waals surface area contributed by atoms with E-state index in [2.05, 4.69) is 0 Å². The number of rotatable bonds is 1. The monoisotopic (exact) mass is 117 g/mol. The summed E-state index contributed by atoms with van der Waals surface area (Å²) in [6.45, 7) is -6.54. The van der Waals surface area contributed by atoms with Gasteiger partial charge in [0.25, 0.3) is 0 Å². The first-order chi connectivity index (χ1) is 5.75. The lowest BCUT2D eigenvalue weighted by Crippen LogP contribution is -1.80. The lowest BCUT2D eigenvalue weighted by Gasteiger charge is -1.87. The van der Waals surface area contributed by atoms with Crippen molar-refractivity contribution in [3.63, 3.8) is 0 Å². The van der Waals surface area contributed by atoms with Crippen LogP contribution >= 0.6 is 11.1 Å². The Bertz CT molecular complexity index is 174. The standard InChI is InChI=1S/C3H9ClSi/c1-3(2)5-4/h3H,5H2,1-2H3/i1D3,2D3,3D,5D2. The molecule has 32 valence electrons. The van der Waals surface area contributed by atoms with Gasteiger partial charge in [0.15, 0.2) is 0 Å². The summed E-state index contributed by atoms with van der Waals surface area (Å²) in [5.41, 5.74) is -3.20. The fourth-order valence-electron chi connectivity index (χ4n) is 0. The van der Waals surface area contributed by atoms with E-state index in [4.69, 9.17) is 23.1 Å². The molecule has 0 aromatic carbocycles. The molecule has 0 aliphatic heterocycles. The van der Waals surface area contributed by atoms with Crippen molar-refractivity contribution < 1.29 is 9.60 Å². The van der Waals surface area contributed by atoms with E-state index in [-0.39, 0.29) is 0 Å². The van der Waals surface area contributed by atoms with Crippen molar-refractivity contribution in [2.24, 2.45) is 0 Å². The lowest BCUT2D eigenvalue weighted by molar-refractivity contribution is 1.07. The maximum absolute atomic E-state index is 7.30. The molecule has 2 heteroatoms. The van der Waals surface area contributed by atoms with Crippen LogP contribution in [0.25, 0.3) is 0 Å². The van der Waals surface area contributed by atoms with Crippen molar-refractivity contribution in [1.29, 1.82) is 2.47 Å². The molecule has 0 atom stereocenters. The highest BCUT2D eigenvalue weighted by Crippen LogP contribution is 1.96. The van der Waals surface area contributed by atoms with Crippen molar-refractivity contribution >= 4 is 19.8 Å². The Morgan fingerprint density at radius 1 is 2.40 bits per heavy atom. The molecule has 0 heterocycles. The average molecular weight is 118 g/mol. The van der Waals surface area contributed by atoms with E-state index in [0.29, 0.717) is 0 Å². The van der Waals surface area contributed by atoms with Crippen LogP contribution in [-0.4, -0.2) is 11.2 Å². The van der Waals surface area contributed by atoms with Crippen LogP contribution in [0.1, 0.15) is 23.3 Å². The first-order valence-corrected chi connectivity index (χ1v) is 2.95. The second-order valence-corrected chi connectivity index (χ2v) is 1.73. The van der Waals surface area contributed by atoms with E-state index >= 15 is 0 Å². The van der Waals surface area contributed by atoms with Gasteiger partial charge in [-0.2, -0.15) is 11.1 Å². The summed E-state index contributed by atoms with van der Waals surface area (Å²) in [7, 11) is -4.67. The molecule has 0 nitrogen and oxygen atoms in total. The minimum absolute atomic E-state index is 3.20. The van der Waals surface area contributed by atoms with Crippen molar-refractivity contribution in [3.05, 3.63) is 0 Å². The molecule has 0 aliphatic carbocycles. The summed E-state index contributed by atoms with van der Waals surface area (Å²) in [6.07, 6.45) is 0. The van der Waals surface area contributed by atoms with Crippen molar-refractivity contribution in [2.75, 3.05) is 0 Å². The summed E-state index contributed by atoms with van der Waals surface area (Å²) in [6, 6.07) is 0. The third kappa shape index (κ3) is 4.51. The van der Waals surface area contributed by atoms with Crippen LogP contribution in [0.2, 0.25) is 5.52 Å². The van der Waals surface area contributed by atoms with Crippen LogP contribution in [0.15, 0.2) is 0 Å². The Morgan fingerprint density at radius 2 is 3.00 bits per heavy atom. The predicted octanol–water partition coefficient (Wildman–Crippen LogP) is 1.14. The van der Waals surface area contributed by atoms with Gasteiger partial charge in [0.1, 0.15) is 8.69 Å². The van der Waals surface area contributed by atoms with Gasteiger partial charge in [-0.25, -0.2) is 0 Å². The summed E-state index contributed by atoms with van der Waals surface area (Å²) < 4.78 is 62.8. The van der Waals surface area contributed by atoms with Gasteiger partial charge in [0.05, 0.1) is 0 Å². The molecule has 0 saturated carbocycles. The molecule has 0 rings (SSSR count). The molecule has 0 spiro atoms. The molecule has 0 radical (unpaired) electrons. The van der Waals surface area contributed by atoms with Crippen LogP contribution < -0.4 is 0 Å². The third-order valence-corrected chi connectivity index (χ3v) is 0.850. The van der Waals surface area contributed by atoms with Gasteiger partial charge in [-0.3, -0.25) is 0 Å². The topological polar surface area (TPSA) is 0 Å². The highest BCUT2D eigenvalue weighted by molar-refractivity contribution is 6.94. The Morgan fingerprint density at radius 3 is 3.00 bits per heavy atom. The minimum Gasteiger partial charge on any atom is -0.176 e. The number of hydrogen-bond acceptors (Lipinski definition) is 0. The van der Waals surface area contributed by atoms with Gasteiger partial charge >= 0.3 is 0 Å². The predicted molar refractivity (Wildman–Crippen MR) is 29.5 cm³/mol. The quantitative estimate of drug-likeness (QED) is 0.357. The van der Waals surface area contributed by atoms with Gasteiger partial charge in [-0.05, 0) is 5.52 Å². The fraction of sp³-hybridized carbons (Fsp3) is 1.00. The van der Waals surface area contributed by atoms with E-state index in [1.807, 2.05) is 0 Å². The van der Waals surface area contributed by atoms with Gasteiger partial charge < -0.3 is 0 Å². The van der Waals surface area contributed by atoms with Gasteiger partial charge in [-0.15, -0.1) is 0 Å². The normalized spacial score (nSPS) is 46.2. The van der Waals surface area contributed by atoms with Gasteiger partial charge in [0.2, 0.25) is 0 Å². The second-order valence-electron chi connectivity index (χ2n) is 0.469. The van der Waals surface area contributed by atoms with Gasteiger partial charge in [-0.1, -0.05) is 13.7 Å². The largest absolute Gasteiger partial charge is 0.176 e. The van der Waals surface area contributed by atoms with E-state index in [0.717, 1.165) is 0 Å². The van der Waals surface area contributed by atoms with Crippen LogP contribution in [0.4, 0.5) is 0 Å². The Labute approximate surface area is 52.3 Å². The van der Waals surface area contributed by atoms with Crippen molar-refractivity contribution in [1.82, 2.24) is 0 Å². The number of hydrogen-bond donors (Lipinski definition) is 0. The van der Waals surface area contributed by atoms with E-state index in [1.165, 1.54) is 0 Å². The molecule has 0 aromatic heterocycles. The molecular formula is C3H9ClSi. The van der Waals surface area contributed by atoms with Crippen LogP contribution in [0.3, 0.4) is 0 Å². The molecule has 0 amide bonds. The van der Waals surface area contributed by atoms with Crippen LogP contribution in [0, 0.1) is 0 Å². The van der Waals surface area contributed by atoms with E-state index < -0.39 is 27.9 Å². The Balaban J connectivity index is 5.54. The van der Waals surface area contributed by atoms with Crippen LogP contribution in [-0.2, 0) is 0 Å². The third-order valence-electron chi connectivity index (χ3n) is 0.0945. The smallest absolute Gasteiger partial charge is 0.127 e.